The fourth-order valence-electron chi connectivity index (χ4n) is 6.25. The number of fused-ring (bicyclic) bond motifs is 1. The van der Waals surface area contributed by atoms with Gasteiger partial charge in [0.2, 0.25) is 5.91 Å². The molecule has 6 rings (SSSR count). The van der Waals surface area contributed by atoms with E-state index in [9.17, 15) is 31.5 Å². The minimum absolute atomic E-state index is 0.0251. The van der Waals surface area contributed by atoms with E-state index in [1.807, 2.05) is 0 Å². The first-order valence-electron chi connectivity index (χ1n) is 19.8. The topological polar surface area (TPSA) is 54.8 Å². The van der Waals surface area contributed by atoms with Crippen molar-refractivity contribution in [3.05, 3.63) is 136 Å². The Bertz CT molecular complexity index is 2350. The summed E-state index contributed by atoms with van der Waals surface area (Å²) >= 11 is 0.444. The number of hydrogen-bond acceptors (Lipinski definition) is 5. The number of halogens is 5. The molecule has 2 heterocycles. The Labute approximate surface area is 312 Å². The maximum atomic E-state index is 14.9. The van der Waals surface area contributed by atoms with Crippen LogP contribution in [0.5, 0.6) is 0 Å². The van der Waals surface area contributed by atoms with Gasteiger partial charge in [0, 0.05) is 64.7 Å². The zero-order valence-corrected chi connectivity index (χ0v) is 28.4. The molecule has 0 bridgehead atoms. The molecule has 1 amide bonds. The SMILES string of the molecule is [2H]C([2H])([2H])OC([2H])([2H])CN1CCC(N(Cc2ccc(-c3ccc(C(F)(F)F)cc3)cc2)C(=O)Cn2c(SC([2H])([2H])c3cccc(F)c3F)cc(=O)c3ccccc32)CC1. The number of benzene rings is 4. The van der Waals surface area contributed by atoms with Crippen molar-refractivity contribution in [1.29, 1.82) is 0 Å². The summed E-state index contributed by atoms with van der Waals surface area (Å²) in [5.41, 5.74) is -2.33. The molecule has 0 aliphatic carbocycles. The molecule has 1 fully saturated rings. The maximum Gasteiger partial charge on any atom is 0.416 e. The third-order valence-corrected chi connectivity index (χ3v) is 9.89. The standard InChI is InChI=1S/C40H38F5N3O3S/c1-51-22-21-46-19-17-32(18-20-46)47(24-27-9-11-28(12-10-27)29-13-15-31(16-14-29)40(43,44)45)37(50)25-48-35-8-3-2-6-33(35)36(49)23-38(48)52-26-30-5-4-7-34(41)39(30)42/h2-16,23,32H,17-22,24-26H2,1H3/i1D3,22D2,26D2. The molecule has 0 radical (unpaired) electrons. The summed E-state index contributed by atoms with van der Waals surface area (Å²) in [7, 11) is -2.96. The van der Waals surface area contributed by atoms with Crippen LogP contribution in [-0.4, -0.2) is 59.5 Å². The van der Waals surface area contributed by atoms with E-state index in [2.05, 4.69) is 4.74 Å². The van der Waals surface area contributed by atoms with E-state index in [4.69, 9.17) is 9.60 Å². The fraction of sp³-hybridized carbons (Fsp3) is 0.300. The van der Waals surface area contributed by atoms with Crippen LogP contribution < -0.4 is 5.43 Å². The van der Waals surface area contributed by atoms with Crippen LogP contribution in [0.4, 0.5) is 22.0 Å². The highest BCUT2D eigenvalue weighted by atomic mass is 32.2. The van der Waals surface area contributed by atoms with Crippen LogP contribution in [0.2, 0.25) is 0 Å². The average molecular weight is 743 g/mol. The molecule has 1 aromatic heterocycles. The van der Waals surface area contributed by atoms with E-state index in [0.29, 0.717) is 46.8 Å². The maximum absolute atomic E-state index is 14.9. The number of para-hydroxylation sites is 1. The quantitative estimate of drug-likeness (QED) is 0.0950. The van der Waals surface area contributed by atoms with E-state index < -0.39 is 72.2 Å². The molecule has 0 N–H and O–H groups in total. The Hall–Kier alpha value is -4.52. The molecule has 5 aromatic rings. The number of alkyl halides is 3. The highest BCUT2D eigenvalue weighted by molar-refractivity contribution is 7.98. The van der Waals surface area contributed by atoms with Gasteiger partial charge in [-0.05, 0) is 59.9 Å². The van der Waals surface area contributed by atoms with Crippen molar-refractivity contribution >= 4 is 28.6 Å². The van der Waals surface area contributed by atoms with E-state index >= 15 is 0 Å². The molecular weight excluding hydrogens is 698 g/mol. The minimum Gasteiger partial charge on any atom is -0.383 e. The van der Waals surface area contributed by atoms with Crippen molar-refractivity contribution in [2.24, 2.45) is 0 Å². The van der Waals surface area contributed by atoms with Gasteiger partial charge < -0.3 is 19.1 Å². The Morgan fingerprint density at radius 1 is 0.962 bits per heavy atom. The monoisotopic (exact) mass is 742 g/mol. The summed E-state index contributed by atoms with van der Waals surface area (Å²) in [5.74, 6) is -3.10. The number of thioether (sulfide) groups is 1. The van der Waals surface area contributed by atoms with Crippen LogP contribution in [0.25, 0.3) is 22.0 Å². The molecule has 4 aromatic carbocycles. The average Bonchev–Trinajstić information content (AvgIpc) is 3.15. The molecule has 272 valence electrons. The molecule has 1 aliphatic heterocycles. The van der Waals surface area contributed by atoms with E-state index in [1.54, 1.807) is 58.3 Å². The lowest BCUT2D eigenvalue weighted by molar-refractivity contribution is -0.137. The number of nitrogens with zero attached hydrogens (tertiary/aromatic N) is 3. The summed E-state index contributed by atoms with van der Waals surface area (Å²) < 4.78 is 130. The minimum atomic E-state index is -4.49. The molecule has 1 saturated heterocycles. The van der Waals surface area contributed by atoms with Gasteiger partial charge in [0.25, 0.3) is 0 Å². The Morgan fingerprint density at radius 2 is 1.65 bits per heavy atom. The molecule has 0 spiro atoms. The first-order valence-corrected chi connectivity index (χ1v) is 17.2. The second kappa shape index (κ2) is 16.4. The molecule has 0 atom stereocenters. The van der Waals surface area contributed by atoms with Crippen LogP contribution in [-0.2, 0) is 34.5 Å². The predicted octanol–water partition coefficient (Wildman–Crippen LogP) is 8.40. The normalized spacial score (nSPS) is 17.0. The molecule has 12 heteroatoms. The van der Waals surface area contributed by atoms with Gasteiger partial charge in [0.15, 0.2) is 17.1 Å². The highest BCUT2D eigenvalue weighted by Crippen LogP contribution is 2.32. The Balaban J connectivity index is 1.32. The highest BCUT2D eigenvalue weighted by Gasteiger charge is 2.31. The number of likely N-dealkylation sites (tertiary alicyclic amines) is 1. The van der Waals surface area contributed by atoms with Crippen LogP contribution in [0, 0.1) is 11.6 Å². The second-order valence-corrected chi connectivity index (χ2v) is 13.1. The fourth-order valence-corrected chi connectivity index (χ4v) is 7.06. The summed E-state index contributed by atoms with van der Waals surface area (Å²) in [4.78, 5) is 31.3. The molecule has 1 aliphatic rings. The number of carbonyl (C=O) groups excluding carboxylic acids is 1. The van der Waals surface area contributed by atoms with Gasteiger partial charge in [0.1, 0.15) is 6.54 Å². The van der Waals surface area contributed by atoms with Crippen molar-refractivity contribution in [2.75, 3.05) is 33.2 Å². The number of amides is 1. The Kier molecular flexibility index (Phi) is 9.16. The lowest BCUT2D eigenvalue weighted by Crippen LogP contribution is -2.48. The number of piperidine rings is 1. The first kappa shape index (κ1) is 29.0. The van der Waals surface area contributed by atoms with Crippen molar-refractivity contribution in [1.82, 2.24) is 14.4 Å². The molecule has 6 nitrogen and oxygen atoms in total. The smallest absolute Gasteiger partial charge is 0.383 e. The van der Waals surface area contributed by atoms with E-state index in [0.717, 1.165) is 36.4 Å². The van der Waals surface area contributed by atoms with Gasteiger partial charge >= 0.3 is 6.18 Å². The molecular formula is C40H38F5N3O3S. The van der Waals surface area contributed by atoms with E-state index in [1.165, 1.54) is 16.7 Å². The van der Waals surface area contributed by atoms with Gasteiger partial charge in [0.05, 0.1) is 29.5 Å². The summed E-state index contributed by atoms with van der Waals surface area (Å²) in [6.45, 7) is -2.64. The number of ether oxygens (including phenoxy) is 1. The van der Waals surface area contributed by atoms with Crippen LogP contribution in [0.3, 0.4) is 0 Å². The number of rotatable bonds is 12. The largest absolute Gasteiger partial charge is 0.416 e. The molecule has 52 heavy (non-hydrogen) atoms. The lowest BCUT2D eigenvalue weighted by atomic mass is 10.00. The summed E-state index contributed by atoms with van der Waals surface area (Å²) in [6.07, 6.45) is -3.81. The van der Waals surface area contributed by atoms with E-state index in [-0.39, 0.29) is 36.6 Å². The molecule has 0 unspecified atom stereocenters. The molecule has 0 saturated carbocycles. The number of pyridine rings is 1. The lowest BCUT2D eigenvalue weighted by Gasteiger charge is -2.39. The van der Waals surface area contributed by atoms with Crippen molar-refractivity contribution in [3.8, 4) is 11.1 Å². The van der Waals surface area contributed by atoms with Crippen LogP contribution in [0.15, 0.2) is 107 Å². The summed E-state index contributed by atoms with van der Waals surface area (Å²) in [6, 6.07) is 21.8. The zero-order valence-electron chi connectivity index (χ0n) is 34.6. The van der Waals surface area contributed by atoms with Gasteiger partial charge in [-0.2, -0.15) is 13.2 Å². The third kappa shape index (κ3) is 8.74. The van der Waals surface area contributed by atoms with Gasteiger partial charge in [-0.1, -0.05) is 60.7 Å². The van der Waals surface area contributed by atoms with Gasteiger partial charge in [-0.15, -0.1) is 11.8 Å². The second-order valence-electron chi connectivity index (χ2n) is 12.3. The Morgan fingerprint density at radius 3 is 2.35 bits per heavy atom. The zero-order chi connectivity index (χ0) is 42.9. The van der Waals surface area contributed by atoms with Gasteiger partial charge in [-0.3, -0.25) is 9.59 Å². The third-order valence-electron chi connectivity index (χ3n) is 9.02. The number of carbonyl (C=O) groups is 1. The van der Waals surface area contributed by atoms with Crippen LogP contribution in [0.1, 0.15) is 39.1 Å². The van der Waals surface area contributed by atoms with Crippen LogP contribution >= 0.6 is 11.8 Å². The number of methoxy groups -OCH3 is 1. The van der Waals surface area contributed by atoms with Crippen molar-refractivity contribution in [3.63, 3.8) is 0 Å². The van der Waals surface area contributed by atoms with Gasteiger partial charge in [-0.25, -0.2) is 8.78 Å². The number of hydrogen-bond donors (Lipinski definition) is 0. The predicted molar refractivity (Wildman–Crippen MR) is 193 cm³/mol. The number of aromatic nitrogens is 1. The van der Waals surface area contributed by atoms with Crippen molar-refractivity contribution < 1.29 is 41.1 Å². The van der Waals surface area contributed by atoms with Crippen molar-refractivity contribution in [2.45, 2.75) is 48.9 Å². The first-order chi connectivity index (χ1) is 27.6. The summed E-state index contributed by atoms with van der Waals surface area (Å²) in [5, 5.41) is 0.206.